The van der Waals surface area contributed by atoms with Crippen LogP contribution in [0.3, 0.4) is 0 Å². The molecule has 2 aliphatic heterocycles. The third-order valence-corrected chi connectivity index (χ3v) is 6.07. The average molecular weight is 376 g/mol. The molecule has 1 fully saturated rings. The van der Waals surface area contributed by atoms with E-state index in [2.05, 4.69) is 47.2 Å². The maximum Gasteiger partial charge on any atom is 0.131 e. The molecule has 0 aromatic heterocycles. The van der Waals surface area contributed by atoms with E-state index in [1.54, 1.807) is 6.07 Å². The molecule has 0 saturated carbocycles. The topological polar surface area (TPSA) is 15.7 Å². The molecule has 0 radical (unpaired) electrons. The van der Waals surface area contributed by atoms with Crippen molar-refractivity contribution in [2.24, 2.45) is 0 Å². The van der Waals surface area contributed by atoms with Crippen molar-refractivity contribution in [1.82, 2.24) is 4.90 Å². The van der Waals surface area contributed by atoms with E-state index in [-0.39, 0.29) is 5.82 Å². The van der Waals surface area contributed by atoms with Crippen molar-refractivity contribution in [3.8, 4) is 0 Å². The summed E-state index contributed by atoms with van der Waals surface area (Å²) in [7, 11) is 2.18. The molecule has 3 aromatic carbocycles. The summed E-state index contributed by atoms with van der Waals surface area (Å²) in [4.78, 5) is 4.79. The number of hydrogen-bond acceptors (Lipinski definition) is 3. The second-order valence-corrected chi connectivity index (χ2v) is 7.95. The second kappa shape index (κ2) is 7.19. The van der Waals surface area contributed by atoms with Crippen molar-refractivity contribution in [3.63, 3.8) is 0 Å². The summed E-state index contributed by atoms with van der Waals surface area (Å²) in [6, 6.07) is 18.4. The predicted octanol–water partition coefficient (Wildman–Crippen LogP) is 4.39. The highest BCUT2D eigenvalue weighted by Gasteiger charge is 2.26. The Labute approximate surface area is 165 Å². The van der Waals surface area contributed by atoms with Gasteiger partial charge in [0, 0.05) is 43.2 Å². The highest BCUT2D eigenvalue weighted by atomic mass is 19.1. The number of benzene rings is 3. The largest absolute Gasteiger partial charge is 0.378 e. The van der Waals surface area contributed by atoms with Crippen molar-refractivity contribution < 1.29 is 9.13 Å². The molecule has 2 heterocycles. The summed E-state index contributed by atoms with van der Waals surface area (Å²) in [5.74, 6) is 0.153. The molecular weight excluding hydrogens is 351 g/mol. The van der Waals surface area contributed by atoms with Gasteiger partial charge in [-0.2, -0.15) is 0 Å². The molecular formula is C24H25FN2O. The van der Waals surface area contributed by atoms with Gasteiger partial charge in [0.25, 0.3) is 0 Å². The minimum atomic E-state index is -0.152. The first-order valence-electron chi connectivity index (χ1n) is 10.0. The SMILES string of the molecule is CN1Cc2cc(N3CCOCC3)ccc2C(c2ccc3c(F)cccc3c2)C1. The summed E-state index contributed by atoms with van der Waals surface area (Å²) in [5.41, 5.74) is 5.33. The highest BCUT2D eigenvalue weighted by molar-refractivity contribution is 5.84. The molecule has 3 aromatic rings. The van der Waals surface area contributed by atoms with E-state index in [0.29, 0.717) is 11.3 Å². The lowest BCUT2D eigenvalue weighted by molar-refractivity contribution is 0.122. The first-order chi connectivity index (χ1) is 13.7. The Kier molecular flexibility index (Phi) is 4.53. The van der Waals surface area contributed by atoms with Crippen LogP contribution in [0.25, 0.3) is 10.8 Å². The molecule has 0 spiro atoms. The highest BCUT2D eigenvalue weighted by Crippen LogP contribution is 2.36. The minimum Gasteiger partial charge on any atom is -0.378 e. The molecule has 0 aliphatic carbocycles. The zero-order valence-corrected chi connectivity index (χ0v) is 16.2. The molecule has 0 amide bonds. The van der Waals surface area contributed by atoms with Gasteiger partial charge in [-0.1, -0.05) is 36.4 Å². The zero-order valence-electron chi connectivity index (χ0n) is 16.2. The predicted molar refractivity (Wildman–Crippen MR) is 112 cm³/mol. The third-order valence-electron chi connectivity index (χ3n) is 6.07. The van der Waals surface area contributed by atoms with Gasteiger partial charge in [-0.3, -0.25) is 0 Å². The van der Waals surface area contributed by atoms with Crippen LogP contribution in [0.5, 0.6) is 0 Å². The number of nitrogens with zero attached hydrogens (tertiary/aromatic N) is 2. The number of halogens is 1. The van der Waals surface area contributed by atoms with Crippen molar-refractivity contribution in [2.45, 2.75) is 12.5 Å². The number of fused-ring (bicyclic) bond motifs is 2. The van der Waals surface area contributed by atoms with Gasteiger partial charge in [0.2, 0.25) is 0 Å². The summed E-state index contributed by atoms with van der Waals surface area (Å²) in [6.07, 6.45) is 0. The Balaban J connectivity index is 1.53. The third kappa shape index (κ3) is 3.17. The van der Waals surface area contributed by atoms with Gasteiger partial charge in [0.05, 0.1) is 13.2 Å². The van der Waals surface area contributed by atoms with Crippen molar-refractivity contribution in [1.29, 1.82) is 0 Å². The Morgan fingerprint density at radius 2 is 1.86 bits per heavy atom. The Bertz CT molecular complexity index is 1010. The van der Waals surface area contributed by atoms with E-state index in [0.717, 1.165) is 44.8 Å². The van der Waals surface area contributed by atoms with E-state index in [9.17, 15) is 4.39 Å². The van der Waals surface area contributed by atoms with Crippen LogP contribution in [0.4, 0.5) is 10.1 Å². The maximum atomic E-state index is 14.1. The molecule has 0 N–H and O–H groups in total. The lowest BCUT2D eigenvalue weighted by Crippen LogP contribution is -2.36. The summed E-state index contributed by atoms with van der Waals surface area (Å²) >= 11 is 0. The molecule has 0 bridgehead atoms. The molecule has 5 rings (SSSR count). The molecule has 3 nitrogen and oxygen atoms in total. The first kappa shape index (κ1) is 17.7. The van der Waals surface area contributed by atoms with E-state index in [1.807, 2.05) is 12.1 Å². The lowest BCUT2D eigenvalue weighted by atomic mass is 9.84. The number of ether oxygens (including phenoxy) is 1. The Morgan fingerprint density at radius 1 is 1.00 bits per heavy atom. The maximum absolute atomic E-state index is 14.1. The van der Waals surface area contributed by atoms with E-state index in [1.165, 1.54) is 28.4 Å². The minimum absolute atomic E-state index is 0.152. The molecule has 4 heteroatoms. The standard InChI is InChI=1S/C24H25FN2O/c1-26-15-19-14-20(27-9-11-28-12-10-27)6-8-21(19)23(16-26)18-5-7-22-17(13-18)3-2-4-24(22)25/h2-8,13-14,23H,9-12,15-16H2,1H3. The molecule has 2 aliphatic rings. The van der Waals surface area contributed by atoms with Gasteiger partial charge in [0.15, 0.2) is 0 Å². The van der Waals surface area contributed by atoms with Gasteiger partial charge in [-0.25, -0.2) is 4.39 Å². The van der Waals surface area contributed by atoms with Gasteiger partial charge < -0.3 is 14.5 Å². The number of anilines is 1. The van der Waals surface area contributed by atoms with Crippen LogP contribution < -0.4 is 4.90 Å². The molecule has 1 unspecified atom stereocenters. The lowest BCUT2D eigenvalue weighted by Gasteiger charge is -2.35. The zero-order chi connectivity index (χ0) is 19.1. The number of rotatable bonds is 2. The Morgan fingerprint density at radius 3 is 2.71 bits per heavy atom. The van der Waals surface area contributed by atoms with Crippen molar-refractivity contribution >= 4 is 16.5 Å². The fourth-order valence-electron chi connectivity index (χ4n) is 4.62. The van der Waals surface area contributed by atoms with E-state index in [4.69, 9.17) is 4.74 Å². The van der Waals surface area contributed by atoms with Gasteiger partial charge in [-0.15, -0.1) is 0 Å². The first-order valence-corrected chi connectivity index (χ1v) is 10.0. The van der Waals surface area contributed by atoms with Gasteiger partial charge >= 0.3 is 0 Å². The summed E-state index contributed by atoms with van der Waals surface area (Å²) < 4.78 is 19.6. The smallest absolute Gasteiger partial charge is 0.131 e. The summed E-state index contributed by atoms with van der Waals surface area (Å²) in [6.45, 7) is 5.44. The number of morpholine rings is 1. The monoisotopic (exact) mass is 376 g/mol. The van der Waals surface area contributed by atoms with Crippen molar-refractivity contribution in [3.05, 3.63) is 77.1 Å². The summed E-state index contributed by atoms with van der Waals surface area (Å²) in [5, 5.41) is 1.66. The Hall–Kier alpha value is -2.43. The number of hydrogen-bond donors (Lipinski definition) is 0. The number of likely N-dealkylation sites (N-methyl/N-ethyl adjacent to an activating group) is 1. The molecule has 28 heavy (non-hydrogen) atoms. The van der Waals surface area contributed by atoms with Crippen molar-refractivity contribution in [2.75, 3.05) is 44.8 Å². The van der Waals surface area contributed by atoms with Crippen LogP contribution in [-0.2, 0) is 11.3 Å². The molecule has 1 saturated heterocycles. The van der Waals surface area contributed by atoms with Crippen LogP contribution >= 0.6 is 0 Å². The van der Waals surface area contributed by atoms with Crippen LogP contribution in [0.1, 0.15) is 22.6 Å². The fraction of sp³-hybridized carbons (Fsp3) is 0.333. The van der Waals surface area contributed by atoms with Crippen LogP contribution in [0.2, 0.25) is 0 Å². The van der Waals surface area contributed by atoms with E-state index < -0.39 is 0 Å². The average Bonchev–Trinajstić information content (AvgIpc) is 2.73. The van der Waals surface area contributed by atoms with Crippen LogP contribution in [-0.4, -0.2) is 44.8 Å². The second-order valence-electron chi connectivity index (χ2n) is 7.95. The van der Waals surface area contributed by atoms with Crippen LogP contribution in [0.15, 0.2) is 54.6 Å². The fourth-order valence-corrected chi connectivity index (χ4v) is 4.62. The molecule has 1 atom stereocenters. The van der Waals surface area contributed by atoms with Gasteiger partial charge in [-0.05, 0) is 47.3 Å². The normalized spacial score (nSPS) is 20.4. The van der Waals surface area contributed by atoms with Crippen LogP contribution in [0, 0.1) is 5.82 Å². The quantitative estimate of drug-likeness (QED) is 0.660. The van der Waals surface area contributed by atoms with Gasteiger partial charge in [0.1, 0.15) is 5.82 Å². The molecule has 144 valence electrons. The van der Waals surface area contributed by atoms with E-state index >= 15 is 0 Å².